The second kappa shape index (κ2) is 14.1. The highest BCUT2D eigenvalue weighted by atomic mass is 32.1. The van der Waals surface area contributed by atoms with Crippen LogP contribution in [0.4, 0.5) is 0 Å². The fourth-order valence-electron chi connectivity index (χ4n) is 5.77. The van der Waals surface area contributed by atoms with Crippen molar-refractivity contribution >= 4 is 40.0 Å². The van der Waals surface area contributed by atoms with E-state index in [2.05, 4.69) is 15.6 Å². The van der Waals surface area contributed by atoms with Crippen LogP contribution in [-0.4, -0.2) is 75.7 Å². The van der Waals surface area contributed by atoms with Gasteiger partial charge >= 0.3 is 5.97 Å². The van der Waals surface area contributed by atoms with Crippen molar-refractivity contribution in [1.82, 2.24) is 20.5 Å². The van der Waals surface area contributed by atoms with Crippen LogP contribution in [0.5, 0.6) is 5.75 Å². The summed E-state index contributed by atoms with van der Waals surface area (Å²) in [6, 6.07) is 18.4. The van der Waals surface area contributed by atoms with Crippen molar-refractivity contribution in [2.45, 2.75) is 37.2 Å². The van der Waals surface area contributed by atoms with Gasteiger partial charge in [-0.15, -0.1) is 11.3 Å². The number of pyridine rings is 1. The average Bonchev–Trinajstić information content (AvgIpc) is 3.55. The van der Waals surface area contributed by atoms with Gasteiger partial charge in [-0.05, 0) is 67.6 Å². The van der Waals surface area contributed by atoms with Crippen LogP contribution in [0.15, 0.2) is 71.5 Å². The third-order valence-electron chi connectivity index (χ3n) is 8.35. The summed E-state index contributed by atoms with van der Waals surface area (Å²) in [5.41, 5.74) is 0.269. The molecule has 45 heavy (non-hydrogen) atoms. The Morgan fingerprint density at radius 2 is 1.64 bits per heavy atom. The molecule has 0 saturated carbocycles. The number of aromatic hydroxyl groups is 1. The number of nitrogens with one attached hydrogen (secondary N) is 3. The minimum Gasteiger partial charge on any atom is -0.506 e. The third-order valence-corrected chi connectivity index (χ3v) is 9.42. The Hall–Kier alpha value is -4.52. The molecule has 0 bridgehead atoms. The number of carboxylic acid groups (broad SMARTS) is 1. The number of aliphatic carboxylic acids is 1. The number of phenolic OH excluding ortho intramolecular Hbond substituents is 1. The first kappa shape index (κ1) is 31.9. The minimum atomic E-state index is -1.02. The van der Waals surface area contributed by atoms with E-state index in [0.29, 0.717) is 66.1 Å². The molecular weight excluding hydrogens is 596 g/mol. The SMILES string of the molecule is O=C(NCCCCNCC(O)c1ccc(O)c2[nH]c(=O)ccc12)c1ccc(C(=O)N2CCC(C(=O)O)(c3ccccc3)CC2)s1. The Kier molecular flexibility index (Phi) is 9.96. The zero-order valence-electron chi connectivity index (χ0n) is 24.6. The van der Waals surface area contributed by atoms with Gasteiger partial charge in [0.15, 0.2) is 0 Å². The van der Waals surface area contributed by atoms with Gasteiger partial charge in [-0.3, -0.25) is 19.2 Å². The summed E-state index contributed by atoms with van der Waals surface area (Å²) in [5.74, 6) is -1.40. The van der Waals surface area contributed by atoms with Gasteiger partial charge in [0.25, 0.3) is 11.8 Å². The number of aliphatic hydroxyl groups excluding tert-OH is 1. The van der Waals surface area contributed by atoms with Crippen LogP contribution in [0.2, 0.25) is 0 Å². The number of amides is 2. The largest absolute Gasteiger partial charge is 0.506 e. The fraction of sp³-hybridized carbons (Fsp3) is 0.333. The van der Waals surface area contributed by atoms with Crippen molar-refractivity contribution in [1.29, 1.82) is 0 Å². The predicted molar refractivity (Wildman–Crippen MR) is 171 cm³/mol. The number of hydrogen-bond acceptors (Lipinski definition) is 8. The topological polar surface area (TPSA) is 172 Å². The summed E-state index contributed by atoms with van der Waals surface area (Å²) in [5, 5.41) is 37.3. The Morgan fingerprint density at radius 3 is 2.38 bits per heavy atom. The van der Waals surface area contributed by atoms with Gasteiger partial charge in [0.05, 0.1) is 26.8 Å². The van der Waals surface area contributed by atoms with Gasteiger partial charge in [-0.2, -0.15) is 0 Å². The first-order valence-corrected chi connectivity index (χ1v) is 15.7. The quantitative estimate of drug-likeness (QED) is 0.129. The standard InChI is InChI=1S/C33H36N4O7S/c38-24-10-8-22(23-9-13-28(40)36-29(23)24)25(39)20-34-16-4-5-17-35-30(41)26-11-12-27(45-26)31(42)37-18-14-33(15-19-37,32(43)44)21-6-2-1-3-7-21/h1-3,6-13,25,34,38-39H,4-5,14-20H2,(H,35,41)(H,36,40)(H,43,44). The van der Waals surface area contributed by atoms with Crippen LogP contribution < -0.4 is 16.2 Å². The monoisotopic (exact) mass is 632 g/mol. The number of thiophene rings is 1. The van der Waals surface area contributed by atoms with E-state index in [1.54, 1.807) is 29.2 Å². The number of aromatic amines is 1. The number of carbonyl (C=O) groups is 3. The highest BCUT2D eigenvalue weighted by Gasteiger charge is 2.44. The molecule has 2 aromatic heterocycles. The molecule has 0 aliphatic carbocycles. The van der Waals surface area contributed by atoms with E-state index in [-0.39, 0.29) is 35.2 Å². The molecule has 1 atom stereocenters. The van der Waals surface area contributed by atoms with Crippen molar-refractivity contribution in [2.24, 2.45) is 0 Å². The van der Waals surface area contributed by atoms with Crippen LogP contribution in [-0.2, 0) is 10.2 Å². The van der Waals surface area contributed by atoms with Crippen LogP contribution in [0.25, 0.3) is 10.9 Å². The lowest BCUT2D eigenvalue weighted by molar-refractivity contribution is -0.145. The maximum atomic E-state index is 13.2. The highest BCUT2D eigenvalue weighted by Crippen LogP contribution is 2.36. The number of nitrogens with zero attached hydrogens (tertiary/aromatic N) is 1. The molecule has 0 spiro atoms. The van der Waals surface area contributed by atoms with Gasteiger partial charge in [0, 0.05) is 37.6 Å². The van der Waals surface area contributed by atoms with E-state index in [1.807, 2.05) is 30.3 Å². The Bertz CT molecular complexity index is 1730. The Morgan fingerprint density at radius 1 is 0.933 bits per heavy atom. The van der Waals surface area contributed by atoms with Crippen LogP contribution >= 0.6 is 11.3 Å². The number of carbonyl (C=O) groups excluding carboxylic acids is 2. The molecule has 1 aliphatic rings. The molecule has 3 heterocycles. The number of piperidine rings is 1. The second-order valence-corrected chi connectivity index (χ2v) is 12.3. The summed E-state index contributed by atoms with van der Waals surface area (Å²) in [6.07, 6.45) is 1.25. The molecule has 0 radical (unpaired) electrons. The van der Waals surface area contributed by atoms with Crippen molar-refractivity contribution in [2.75, 3.05) is 32.7 Å². The zero-order valence-corrected chi connectivity index (χ0v) is 25.4. The predicted octanol–water partition coefficient (Wildman–Crippen LogP) is 3.39. The van der Waals surface area contributed by atoms with E-state index in [0.717, 1.165) is 23.3 Å². The first-order valence-electron chi connectivity index (χ1n) is 14.9. The molecule has 236 valence electrons. The minimum absolute atomic E-state index is 0.0614. The number of unbranched alkanes of at least 4 members (excludes halogenated alkanes) is 1. The van der Waals surface area contributed by atoms with Crippen LogP contribution in [0.1, 0.15) is 62.3 Å². The van der Waals surface area contributed by atoms with E-state index in [9.17, 15) is 34.5 Å². The summed E-state index contributed by atoms with van der Waals surface area (Å²) in [6.45, 7) is 1.97. The first-order chi connectivity index (χ1) is 21.7. The van der Waals surface area contributed by atoms with Gasteiger partial charge in [0.2, 0.25) is 5.56 Å². The number of hydrogen-bond donors (Lipinski definition) is 6. The Labute approximate surface area is 263 Å². The zero-order chi connectivity index (χ0) is 32.0. The van der Waals surface area contributed by atoms with Crippen molar-refractivity contribution in [3.63, 3.8) is 0 Å². The molecule has 1 saturated heterocycles. The number of fused-ring (bicyclic) bond motifs is 1. The van der Waals surface area contributed by atoms with Crippen molar-refractivity contribution in [3.8, 4) is 5.75 Å². The molecule has 4 aromatic rings. The van der Waals surface area contributed by atoms with Gasteiger partial charge < -0.3 is 35.8 Å². The highest BCUT2D eigenvalue weighted by molar-refractivity contribution is 7.15. The number of phenols is 1. The molecule has 1 unspecified atom stereocenters. The van der Waals surface area contributed by atoms with Gasteiger partial charge in [-0.1, -0.05) is 36.4 Å². The second-order valence-electron chi connectivity index (χ2n) is 11.2. The van der Waals surface area contributed by atoms with E-state index < -0.39 is 17.5 Å². The molecule has 6 N–H and O–H groups in total. The third kappa shape index (κ3) is 7.08. The maximum absolute atomic E-state index is 13.2. The smallest absolute Gasteiger partial charge is 0.314 e. The van der Waals surface area contributed by atoms with Crippen molar-refractivity contribution in [3.05, 3.63) is 98.0 Å². The van der Waals surface area contributed by atoms with Crippen LogP contribution in [0.3, 0.4) is 0 Å². The lowest BCUT2D eigenvalue weighted by atomic mass is 9.73. The van der Waals surface area contributed by atoms with E-state index in [4.69, 9.17) is 0 Å². The number of aliphatic hydroxyl groups is 1. The van der Waals surface area contributed by atoms with Gasteiger partial charge in [-0.25, -0.2) is 0 Å². The van der Waals surface area contributed by atoms with Crippen LogP contribution in [0, 0.1) is 0 Å². The number of likely N-dealkylation sites (tertiary alicyclic amines) is 1. The molecule has 5 rings (SSSR count). The molecular formula is C33H36N4O7S. The Balaban J connectivity index is 1.03. The number of benzene rings is 2. The van der Waals surface area contributed by atoms with E-state index in [1.165, 1.54) is 12.1 Å². The number of aromatic nitrogens is 1. The molecule has 1 aliphatic heterocycles. The normalized spacial score (nSPS) is 15.1. The summed E-state index contributed by atoms with van der Waals surface area (Å²) >= 11 is 1.13. The molecule has 2 aromatic carbocycles. The maximum Gasteiger partial charge on any atom is 0.314 e. The summed E-state index contributed by atoms with van der Waals surface area (Å²) in [4.78, 5) is 54.8. The number of H-pyrrole nitrogens is 1. The summed E-state index contributed by atoms with van der Waals surface area (Å²) in [7, 11) is 0. The summed E-state index contributed by atoms with van der Waals surface area (Å²) < 4.78 is 0. The fourth-order valence-corrected chi connectivity index (χ4v) is 6.66. The van der Waals surface area contributed by atoms with E-state index >= 15 is 0 Å². The number of rotatable bonds is 12. The number of carboxylic acids is 1. The lowest BCUT2D eigenvalue weighted by Crippen LogP contribution is -2.49. The molecule has 12 heteroatoms. The molecule has 11 nitrogen and oxygen atoms in total. The van der Waals surface area contributed by atoms with Crippen molar-refractivity contribution < 1.29 is 29.7 Å². The molecule has 2 amide bonds. The average molecular weight is 633 g/mol. The molecule has 1 fully saturated rings. The van der Waals surface area contributed by atoms with Gasteiger partial charge in [0.1, 0.15) is 5.75 Å². The lowest BCUT2D eigenvalue weighted by Gasteiger charge is -2.39.